The molecule has 1 atom stereocenters. The lowest BCUT2D eigenvalue weighted by atomic mass is 10.2. The molecule has 0 aliphatic rings. The number of hydrogen-bond donors (Lipinski definition) is 2. The number of rotatable bonds is 7. The highest BCUT2D eigenvalue weighted by molar-refractivity contribution is 5.51. The summed E-state index contributed by atoms with van der Waals surface area (Å²) >= 11 is 0. The SMILES string of the molecule is CCCC(C)Nc1nc(N)ncc1OCc1cn2ccccc2n1. The van der Waals surface area contributed by atoms with Crippen LogP contribution in [-0.4, -0.2) is 25.4 Å². The number of hydrogen-bond acceptors (Lipinski definition) is 6. The number of ether oxygens (including phenoxy) is 1. The van der Waals surface area contributed by atoms with Gasteiger partial charge < -0.3 is 20.2 Å². The van der Waals surface area contributed by atoms with E-state index in [2.05, 4.69) is 34.1 Å². The van der Waals surface area contributed by atoms with Crippen LogP contribution in [0.25, 0.3) is 5.65 Å². The van der Waals surface area contributed by atoms with Gasteiger partial charge in [-0.1, -0.05) is 19.4 Å². The van der Waals surface area contributed by atoms with Crippen LogP contribution in [0.1, 0.15) is 32.4 Å². The summed E-state index contributed by atoms with van der Waals surface area (Å²) in [7, 11) is 0. The molecule has 0 bridgehead atoms. The lowest BCUT2D eigenvalue weighted by Crippen LogP contribution is -2.17. The summed E-state index contributed by atoms with van der Waals surface area (Å²) in [6.07, 6.45) is 7.62. The first-order valence-corrected chi connectivity index (χ1v) is 8.10. The molecule has 0 amide bonds. The summed E-state index contributed by atoms with van der Waals surface area (Å²) in [5.74, 6) is 1.41. The van der Waals surface area contributed by atoms with Gasteiger partial charge in [-0.2, -0.15) is 4.98 Å². The fourth-order valence-electron chi connectivity index (χ4n) is 2.54. The van der Waals surface area contributed by atoms with E-state index < -0.39 is 0 Å². The molecule has 0 aliphatic heterocycles. The number of nitrogen functional groups attached to an aromatic ring is 1. The first-order chi connectivity index (χ1) is 11.7. The Labute approximate surface area is 140 Å². The van der Waals surface area contributed by atoms with Gasteiger partial charge in [-0.05, 0) is 25.5 Å². The van der Waals surface area contributed by atoms with E-state index in [4.69, 9.17) is 10.5 Å². The Morgan fingerprint density at radius 2 is 2.21 bits per heavy atom. The van der Waals surface area contributed by atoms with E-state index in [0.717, 1.165) is 24.2 Å². The van der Waals surface area contributed by atoms with Gasteiger partial charge in [0, 0.05) is 18.4 Å². The fraction of sp³-hybridized carbons (Fsp3) is 0.353. The van der Waals surface area contributed by atoms with Crippen molar-refractivity contribution >= 4 is 17.4 Å². The van der Waals surface area contributed by atoms with Crippen LogP contribution in [0.5, 0.6) is 5.75 Å². The summed E-state index contributed by atoms with van der Waals surface area (Å²) in [4.78, 5) is 12.8. The molecule has 3 N–H and O–H groups in total. The van der Waals surface area contributed by atoms with Crippen LogP contribution in [0.15, 0.2) is 36.8 Å². The van der Waals surface area contributed by atoms with Crippen molar-refractivity contribution in [2.24, 2.45) is 0 Å². The van der Waals surface area contributed by atoms with Gasteiger partial charge in [0.1, 0.15) is 12.3 Å². The zero-order valence-corrected chi connectivity index (χ0v) is 13.9. The van der Waals surface area contributed by atoms with Crippen molar-refractivity contribution in [3.8, 4) is 5.75 Å². The van der Waals surface area contributed by atoms with Crippen molar-refractivity contribution < 1.29 is 4.74 Å². The van der Waals surface area contributed by atoms with Gasteiger partial charge in [-0.15, -0.1) is 0 Å². The number of imidazole rings is 1. The third-order valence-electron chi connectivity index (χ3n) is 3.67. The van der Waals surface area contributed by atoms with Gasteiger partial charge in [0.05, 0.1) is 11.9 Å². The van der Waals surface area contributed by atoms with Crippen LogP contribution >= 0.6 is 0 Å². The van der Waals surface area contributed by atoms with E-state index in [0.29, 0.717) is 18.2 Å². The average Bonchev–Trinajstić information content (AvgIpc) is 2.97. The molecule has 3 aromatic heterocycles. The highest BCUT2D eigenvalue weighted by Gasteiger charge is 2.11. The predicted molar refractivity (Wildman–Crippen MR) is 94.0 cm³/mol. The van der Waals surface area contributed by atoms with Crippen LogP contribution in [0.3, 0.4) is 0 Å². The molecular weight excluding hydrogens is 304 g/mol. The van der Waals surface area contributed by atoms with Gasteiger partial charge in [-0.25, -0.2) is 9.97 Å². The molecule has 126 valence electrons. The summed E-state index contributed by atoms with van der Waals surface area (Å²) in [6.45, 7) is 4.59. The third-order valence-corrected chi connectivity index (χ3v) is 3.67. The fourth-order valence-corrected chi connectivity index (χ4v) is 2.54. The third kappa shape index (κ3) is 3.73. The molecule has 24 heavy (non-hydrogen) atoms. The molecule has 0 fully saturated rings. The molecule has 7 heteroatoms. The van der Waals surface area contributed by atoms with Gasteiger partial charge in [-0.3, -0.25) is 0 Å². The minimum absolute atomic E-state index is 0.223. The molecule has 0 aromatic carbocycles. The van der Waals surface area contributed by atoms with E-state index >= 15 is 0 Å². The van der Waals surface area contributed by atoms with Crippen LogP contribution < -0.4 is 15.8 Å². The van der Waals surface area contributed by atoms with Crippen molar-refractivity contribution in [1.82, 2.24) is 19.4 Å². The van der Waals surface area contributed by atoms with Crippen molar-refractivity contribution in [3.63, 3.8) is 0 Å². The molecule has 0 radical (unpaired) electrons. The zero-order chi connectivity index (χ0) is 16.9. The highest BCUT2D eigenvalue weighted by atomic mass is 16.5. The Morgan fingerprint density at radius 3 is 3.00 bits per heavy atom. The second-order valence-corrected chi connectivity index (χ2v) is 5.76. The van der Waals surface area contributed by atoms with E-state index in [9.17, 15) is 0 Å². The van der Waals surface area contributed by atoms with Crippen molar-refractivity contribution in [2.75, 3.05) is 11.1 Å². The van der Waals surface area contributed by atoms with E-state index in [1.165, 1.54) is 0 Å². The topological polar surface area (TPSA) is 90.4 Å². The van der Waals surface area contributed by atoms with Gasteiger partial charge in [0.25, 0.3) is 0 Å². The maximum Gasteiger partial charge on any atom is 0.222 e. The Kier molecular flexibility index (Phi) is 4.79. The maximum atomic E-state index is 5.87. The number of nitrogens with two attached hydrogens (primary N) is 1. The van der Waals surface area contributed by atoms with Crippen molar-refractivity contribution in [1.29, 1.82) is 0 Å². The second kappa shape index (κ2) is 7.16. The maximum absolute atomic E-state index is 5.87. The number of pyridine rings is 1. The molecule has 3 aromatic rings. The average molecular weight is 326 g/mol. The zero-order valence-electron chi connectivity index (χ0n) is 13.9. The summed E-state index contributed by atoms with van der Waals surface area (Å²) in [5.41, 5.74) is 7.43. The number of anilines is 2. The van der Waals surface area contributed by atoms with Crippen LogP contribution in [0, 0.1) is 0 Å². The molecule has 3 heterocycles. The monoisotopic (exact) mass is 326 g/mol. The lowest BCUT2D eigenvalue weighted by molar-refractivity contribution is 0.301. The molecule has 3 rings (SSSR count). The molecule has 0 saturated carbocycles. The van der Waals surface area contributed by atoms with Crippen LogP contribution in [-0.2, 0) is 6.61 Å². The molecular formula is C17H22N6O. The molecule has 1 unspecified atom stereocenters. The van der Waals surface area contributed by atoms with Crippen molar-refractivity contribution in [3.05, 3.63) is 42.5 Å². The normalized spacial score (nSPS) is 12.2. The summed E-state index contributed by atoms with van der Waals surface area (Å²) in [6, 6.07) is 6.15. The van der Waals surface area contributed by atoms with Gasteiger partial charge >= 0.3 is 0 Å². The number of aromatic nitrogens is 4. The van der Waals surface area contributed by atoms with E-state index in [1.54, 1.807) is 6.20 Å². The first-order valence-electron chi connectivity index (χ1n) is 8.10. The second-order valence-electron chi connectivity index (χ2n) is 5.76. The highest BCUT2D eigenvalue weighted by Crippen LogP contribution is 2.24. The number of fused-ring (bicyclic) bond motifs is 1. The largest absolute Gasteiger partial charge is 0.482 e. The molecule has 7 nitrogen and oxygen atoms in total. The quantitative estimate of drug-likeness (QED) is 0.694. The Hall–Kier alpha value is -2.83. The van der Waals surface area contributed by atoms with E-state index in [-0.39, 0.29) is 12.0 Å². The minimum Gasteiger partial charge on any atom is -0.482 e. The first kappa shape index (κ1) is 16.0. The molecule has 0 saturated heterocycles. The summed E-state index contributed by atoms with van der Waals surface area (Å²) in [5, 5.41) is 3.33. The standard InChI is InChI=1S/C17H22N6O/c1-3-6-12(2)20-16-14(9-19-17(18)22-16)24-11-13-10-23-8-5-4-7-15(23)21-13/h4-5,7-10,12H,3,6,11H2,1-2H3,(H3,18,19,20,22). The van der Waals surface area contributed by atoms with Gasteiger partial charge in [0.15, 0.2) is 11.6 Å². The van der Waals surface area contributed by atoms with Crippen LogP contribution in [0.4, 0.5) is 11.8 Å². The predicted octanol–water partition coefficient (Wildman–Crippen LogP) is 2.89. The Balaban J connectivity index is 1.74. The Morgan fingerprint density at radius 1 is 1.33 bits per heavy atom. The number of nitrogens with one attached hydrogen (secondary N) is 1. The van der Waals surface area contributed by atoms with E-state index in [1.807, 2.05) is 35.0 Å². The van der Waals surface area contributed by atoms with Gasteiger partial charge in [0.2, 0.25) is 5.95 Å². The lowest BCUT2D eigenvalue weighted by Gasteiger charge is -2.16. The van der Waals surface area contributed by atoms with Crippen molar-refractivity contribution in [2.45, 2.75) is 39.3 Å². The number of nitrogens with zero attached hydrogens (tertiary/aromatic N) is 4. The van der Waals surface area contributed by atoms with Crippen LogP contribution in [0.2, 0.25) is 0 Å². The smallest absolute Gasteiger partial charge is 0.222 e. The molecule has 0 aliphatic carbocycles. The Bertz CT molecular complexity index is 783. The minimum atomic E-state index is 0.223. The summed E-state index contributed by atoms with van der Waals surface area (Å²) < 4.78 is 7.83. The molecule has 0 spiro atoms.